The van der Waals surface area contributed by atoms with E-state index in [0.29, 0.717) is 30.8 Å². The number of nitrogens with zero attached hydrogens (tertiary/aromatic N) is 1. The molecule has 0 unspecified atom stereocenters. The number of carbonyl (C=O) groups is 1. The Kier molecular flexibility index (Phi) is 6.59. The lowest BCUT2D eigenvalue weighted by Gasteiger charge is -2.30. The molecule has 1 heterocycles. The standard InChI is InChI=1S/C22H27NO5S/c1-16-4-9-21(17(2)14-16)29(25,26)23-12-10-19(11-13-23)22(24)28-15-18-5-7-20(27-3)8-6-18/h4-9,14,19H,10-13,15H2,1-3H3. The topological polar surface area (TPSA) is 72.9 Å². The molecule has 0 saturated carbocycles. The van der Waals surface area contributed by atoms with Crippen LogP contribution in [0.3, 0.4) is 0 Å². The zero-order valence-electron chi connectivity index (χ0n) is 17.1. The lowest BCUT2D eigenvalue weighted by Crippen LogP contribution is -2.40. The van der Waals surface area contributed by atoms with Crippen molar-refractivity contribution in [3.8, 4) is 5.75 Å². The van der Waals surface area contributed by atoms with Crippen molar-refractivity contribution in [3.63, 3.8) is 0 Å². The van der Waals surface area contributed by atoms with Gasteiger partial charge in [0.15, 0.2) is 0 Å². The highest BCUT2D eigenvalue weighted by molar-refractivity contribution is 7.89. The molecule has 0 bridgehead atoms. The van der Waals surface area contributed by atoms with E-state index in [1.807, 2.05) is 50.2 Å². The third-order valence-corrected chi connectivity index (χ3v) is 7.33. The minimum atomic E-state index is -3.55. The number of ether oxygens (including phenoxy) is 2. The van der Waals surface area contributed by atoms with Crippen molar-refractivity contribution in [2.24, 2.45) is 5.92 Å². The Morgan fingerprint density at radius 1 is 1.07 bits per heavy atom. The molecule has 1 aliphatic rings. The SMILES string of the molecule is COc1ccc(COC(=O)C2CCN(S(=O)(=O)c3ccc(C)cc3C)CC2)cc1. The molecule has 6 nitrogen and oxygen atoms in total. The van der Waals surface area contributed by atoms with E-state index in [9.17, 15) is 13.2 Å². The molecule has 29 heavy (non-hydrogen) atoms. The third-order valence-electron chi connectivity index (χ3n) is 5.28. The van der Waals surface area contributed by atoms with E-state index in [-0.39, 0.29) is 18.5 Å². The van der Waals surface area contributed by atoms with E-state index >= 15 is 0 Å². The molecule has 2 aromatic carbocycles. The summed E-state index contributed by atoms with van der Waals surface area (Å²) >= 11 is 0. The maximum atomic E-state index is 13.0. The van der Waals surface area contributed by atoms with Gasteiger partial charge in [-0.25, -0.2) is 8.42 Å². The molecule has 1 fully saturated rings. The lowest BCUT2D eigenvalue weighted by molar-refractivity contribution is -0.151. The van der Waals surface area contributed by atoms with Crippen LogP contribution >= 0.6 is 0 Å². The maximum absolute atomic E-state index is 13.0. The van der Waals surface area contributed by atoms with Gasteiger partial charge < -0.3 is 9.47 Å². The fourth-order valence-electron chi connectivity index (χ4n) is 3.55. The molecule has 2 aromatic rings. The first-order chi connectivity index (χ1) is 13.8. The van der Waals surface area contributed by atoms with Crippen LogP contribution in [0, 0.1) is 19.8 Å². The number of methoxy groups -OCH3 is 1. The quantitative estimate of drug-likeness (QED) is 0.673. The first kappa shape index (κ1) is 21.3. The minimum Gasteiger partial charge on any atom is -0.497 e. The van der Waals surface area contributed by atoms with E-state index in [1.165, 1.54) is 4.31 Å². The molecule has 7 heteroatoms. The molecule has 0 radical (unpaired) electrons. The van der Waals surface area contributed by atoms with Crippen LogP contribution in [0.5, 0.6) is 5.75 Å². The second-order valence-corrected chi connectivity index (χ2v) is 9.31. The van der Waals surface area contributed by atoms with Gasteiger partial charge in [0.05, 0.1) is 17.9 Å². The highest BCUT2D eigenvalue weighted by Crippen LogP contribution is 2.27. The minimum absolute atomic E-state index is 0.198. The summed E-state index contributed by atoms with van der Waals surface area (Å²) in [5.41, 5.74) is 2.65. The molecule has 1 aliphatic heterocycles. The van der Waals surface area contributed by atoms with Crippen molar-refractivity contribution in [1.29, 1.82) is 0 Å². The number of esters is 1. The molecule has 156 valence electrons. The second kappa shape index (κ2) is 8.97. The van der Waals surface area contributed by atoms with Crippen LogP contribution < -0.4 is 4.74 Å². The van der Waals surface area contributed by atoms with Gasteiger partial charge in [-0.2, -0.15) is 4.31 Å². The van der Waals surface area contributed by atoms with E-state index in [0.717, 1.165) is 22.4 Å². The first-order valence-corrected chi connectivity index (χ1v) is 11.1. The summed E-state index contributed by atoms with van der Waals surface area (Å²) < 4.78 is 37.9. The molecule has 0 amide bonds. The molecular formula is C22H27NO5S. The van der Waals surface area contributed by atoms with Gasteiger partial charge in [0.2, 0.25) is 10.0 Å². The number of hydrogen-bond donors (Lipinski definition) is 0. The van der Waals surface area contributed by atoms with Crippen molar-refractivity contribution in [2.45, 2.75) is 38.2 Å². The van der Waals surface area contributed by atoms with E-state index in [2.05, 4.69) is 0 Å². The zero-order valence-corrected chi connectivity index (χ0v) is 17.9. The van der Waals surface area contributed by atoms with E-state index in [4.69, 9.17) is 9.47 Å². The average molecular weight is 418 g/mol. The van der Waals surface area contributed by atoms with E-state index < -0.39 is 10.0 Å². The number of carbonyl (C=O) groups excluding carboxylic acids is 1. The normalized spacial score (nSPS) is 15.8. The number of hydrogen-bond acceptors (Lipinski definition) is 5. The lowest BCUT2D eigenvalue weighted by atomic mass is 9.98. The fourth-order valence-corrected chi connectivity index (χ4v) is 5.23. The molecule has 0 N–H and O–H groups in total. The summed E-state index contributed by atoms with van der Waals surface area (Å²) in [6.07, 6.45) is 0.928. The van der Waals surface area contributed by atoms with Crippen LogP contribution in [0.15, 0.2) is 47.4 Å². The van der Waals surface area contributed by atoms with Crippen molar-refractivity contribution in [2.75, 3.05) is 20.2 Å². The van der Waals surface area contributed by atoms with Crippen LogP contribution in [0.25, 0.3) is 0 Å². The first-order valence-electron chi connectivity index (χ1n) is 9.68. The molecular weight excluding hydrogens is 390 g/mol. The van der Waals surface area contributed by atoms with Crippen molar-refractivity contribution in [3.05, 3.63) is 59.2 Å². The zero-order chi connectivity index (χ0) is 21.0. The Hall–Kier alpha value is -2.38. The Labute approximate surface area is 172 Å². The van der Waals surface area contributed by atoms with Crippen molar-refractivity contribution in [1.82, 2.24) is 4.31 Å². The van der Waals surface area contributed by atoms with Gasteiger partial charge in [0.25, 0.3) is 0 Å². The van der Waals surface area contributed by atoms with Crippen LogP contribution in [0.4, 0.5) is 0 Å². The molecule has 0 aliphatic carbocycles. The smallest absolute Gasteiger partial charge is 0.309 e. The summed E-state index contributed by atoms with van der Waals surface area (Å²) in [6, 6.07) is 12.7. The number of piperidine rings is 1. The van der Waals surface area contributed by atoms with Crippen LogP contribution in [0.1, 0.15) is 29.5 Å². The van der Waals surface area contributed by atoms with Gasteiger partial charge >= 0.3 is 5.97 Å². The monoisotopic (exact) mass is 417 g/mol. The highest BCUT2D eigenvalue weighted by Gasteiger charge is 2.33. The van der Waals surface area contributed by atoms with Gasteiger partial charge in [0, 0.05) is 13.1 Å². The number of sulfonamides is 1. The summed E-state index contributed by atoms with van der Waals surface area (Å²) in [5, 5.41) is 0. The predicted molar refractivity (Wildman–Crippen MR) is 110 cm³/mol. The Morgan fingerprint density at radius 2 is 1.72 bits per heavy atom. The fraction of sp³-hybridized carbons (Fsp3) is 0.409. The summed E-state index contributed by atoms with van der Waals surface area (Å²) in [5.74, 6) is 0.195. The second-order valence-electron chi connectivity index (χ2n) is 7.40. The van der Waals surface area contributed by atoms with E-state index in [1.54, 1.807) is 13.2 Å². The predicted octanol–water partition coefficient (Wildman–Crippen LogP) is 3.46. The Bertz CT molecular complexity index is 961. The number of aryl methyl sites for hydroxylation is 2. The largest absolute Gasteiger partial charge is 0.497 e. The summed E-state index contributed by atoms with van der Waals surface area (Å²) in [6.45, 7) is 4.58. The third kappa shape index (κ3) is 4.97. The van der Waals surface area contributed by atoms with Crippen LogP contribution in [-0.4, -0.2) is 38.9 Å². The molecule has 3 rings (SSSR count). The van der Waals surface area contributed by atoms with Crippen molar-refractivity contribution >= 4 is 16.0 Å². The molecule has 0 atom stereocenters. The summed E-state index contributed by atoms with van der Waals surface area (Å²) in [7, 11) is -1.95. The molecule has 0 aromatic heterocycles. The van der Waals surface area contributed by atoms with Gasteiger partial charge in [-0.05, 0) is 56.0 Å². The van der Waals surface area contributed by atoms with Gasteiger partial charge in [-0.1, -0.05) is 29.8 Å². The van der Waals surface area contributed by atoms with Crippen LogP contribution in [-0.2, 0) is 26.2 Å². The summed E-state index contributed by atoms with van der Waals surface area (Å²) in [4.78, 5) is 12.7. The average Bonchev–Trinajstić information content (AvgIpc) is 2.72. The van der Waals surface area contributed by atoms with Gasteiger partial charge in [-0.3, -0.25) is 4.79 Å². The number of rotatable bonds is 6. The van der Waals surface area contributed by atoms with Crippen molar-refractivity contribution < 1.29 is 22.7 Å². The Morgan fingerprint density at radius 3 is 2.31 bits per heavy atom. The van der Waals surface area contributed by atoms with Gasteiger partial charge in [0.1, 0.15) is 12.4 Å². The van der Waals surface area contributed by atoms with Gasteiger partial charge in [-0.15, -0.1) is 0 Å². The highest BCUT2D eigenvalue weighted by atomic mass is 32.2. The molecule has 0 spiro atoms. The number of benzene rings is 2. The Balaban J connectivity index is 1.55. The molecule has 1 saturated heterocycles. The maximum Gasteiger partial charge on any atom is 0.309 e. The van der Waals surface area contributed by atoms with Crippen LogP contribution in [0.2, 0.25) is 0 Å².